The van der Waals surface area contributed by atoms with Gasteiger partial charge in [-0.25, -0.2) is 0 Å². The summed E-state index contributed by atoms with van der Waals surface area (Å²) in [4.78, 5) is 0. The lowest BCUT2D eigenvalue weighted by molar-refractivity contribution is 0.0771. The monoisotopic (exact) mass is 192 g/mol. The van der Waals surface area contributed by atoms with E-state index in [9.17, 15) is 5.11 Å². The Morgan fingerprint density at radius 3 is 2.71 bits per heavy atom. The first-order chi connectivity index (χ1) is 6.50. The summed E-state index contributed by atoms with van der Waals surface area (Å²) < 4.78 is 5.48. The van der Waals surface area contributed by atoms with Gasteiger partial charge in [-0.1, -0.05) is 6.07 Å². The molecule has 0 spiro atoms. The third kappa shape index (κ3) is 1.40. The quantitative estimate of drug-likeness (QED) is 0.738. The molecule has 1 aliphatic heterocycles. The first-order valence-electron chi connectivity index (χ1n) is 4.98. The SMILES string of the molecule is Cc1ccc2c(c1C(C)(C)O)CCO2. The number of benzene rings is 1. The molecule has 2 rings (SSSR count). The molecule has 0 amide bonds. The van der Waals surface area contributed by atoms with Crippen LogP contribution >= 0.6 is 0 Å². The maximum absolute atomic E-state index is 10.1. The molecule has 0 aromatic heterocycles. The molecule has 0 radical (unpaired) electrons. The second kappa shape index (κ2) is 2.99. The van der Waals surface area contributed by atoms with E-state index >= 15 is 0 Å². The summed E-state index contributed by atoms with van der Waals surface area (Å²) >= 11 is 0. The van der Waals surface area contributed by atoms with Crippen molar-refractivity contribution in [1.82, 2.24) is 0 Å². The van der Waals surface area contributed by atoms with Crippen LogP contribution < -0.4 is 4.74 Å². The topological polar surface area (TPSA) is 29.5 Å². The van der Waals surface area contributed by atoms with Crippen LogP contribution in [0.2, 0.25) is 0 Å². The predicted octanol–water partition coefficient (Wildman–Crippen LogP) is 2.16. The number of aliphatic hydroxyl groups is 1. The zero-order chi connectivity index (χ0) is 10.3. The summed E-state index contributed by atoms with van der Waals surface area (Å²) in [5.74, 6) is 0.938. The van der Waals surface area contributed by atoms with Crippen molar-refractivity contribution in [3.63, 3.8) is 0 Å². The Morgan fingerprint density at radius 2 is 2.07 bits per heavy atom. The van der Waals surface area contributed by atoms with Crippen molar-refractivity contribution in [2.24, 2.45) is 0 Å². The zero-order valence-electron chi connectivity index (χ0n) is 8.92. The van der Waals surface area contributed by atoms with Crippen LogP contribution in [0.25, 0.3) is 0 Å². The van der Waals surface area contributed by atoms with Gasteiger partial charge in [0.1, 0.15) is 5.75 Å². The van der Waals surface area contributed by atoms with Crippen molar-refractivity contribution in [2.45, 2.75) is 32.8 Å². The number of fused-ring (bicyclic) bond motifs is 1. The smallest absolute Gasteiger partial charge is 0.123 e. The molecule has 76 valence electrons. The Kier molecular flexibility index (Phi) is 2.04. The molecule has 0 fully saturated rings. The lowest BCUT2D eigenvalue weighted by Gasteiger charge is -2.23. The van der Waals surface area contributed by atoms with Crippen molar-refractivity contribution in [3.8, 4) is 5.75 Å². The van der Waals surface area contributed by atoms with Gasteiger partial charge in [0, 0.05) is 12.0 Å². The van der Waals surface area contributed by atoms with Gasteiger partial charge in [-0.15, -0.1) is 0 Å². The highest BCUT2D eigenvalue weighted by Gasteiger charge is 2.27. The van der Waals surface area contributed by atoms with Crippen LogP contribution in [0, 0.1) is 6.92 Å². The van der Waals surface area contributed by atoms with E-state index in [2.05, 4.69) is 0 Å². The minimum atomic E-state index is -0.775. The van der Waals surface area contributed by atoms with Crippen LogP contribution in [0.5, 0.6) is 5.75 Å². The molecule has 1 N–H and O–H groups in total. The van der Waals surface area contributed by atoms with Crippen molar-refractivity contribution < 1.29 is 9.84 Å². The summed E-state index contributed by atoms with van der Waals surface area (Å²) in [6.45, 7) is 6.43. The molecule has 0 unspecified atom stereocenters. The van der Waals surface area contributed by atoms with E-state index in [0.29, 0.717) is 0 Å². The van der Waals surface area contributed by atoms with Crippen molar-refractivity contribution >= 4 is 0 Å². The molecule has 0 saturated heterocycles. The van der Waals surface area contributed by atoms with Gasteiger partial charge in [-0.3, -0.25) is 0 Å². The Bertz CT molecular complexity index is 361. The molecular weight excluding hydrogens is 176 g/mol. The fraction of sp³-hybridized carbons (Fsp3) is 0.500. The lowest BCUT2D eigenvalue weighted by atomic mass is 9.88. The van der Waals surface area contributed by atoms with Gasteiger partial charge in [0.15, 0.2) is 0 Å². The van der Waals surface area contributed by atoms with E-state index in [0.717, 1.165) is 29.9 Å². The molecule has 2 nitrogen and oxygen atoms in total. The Hall–Kier alpha value is -1.02. The second-order valence-electron chi connectivity index (χ2n) is 4.39. The van der Waals surface area contributed by atoms with E-state index in [-0.39, 0.29) is 0 Å². The van der Waals surface area contributed by atoms with E-state index in [4.69, 9.17) is 4.74 Å². The number of hydrogen-bond donors (Lipinski definition) is 1. The van der Waals surface area contributed by atoms with E-state index in [1.54, 1.807) is 0 Å². The van der Waals surface area contributed by atoms with Crippen molar-refractivity contribution in [2.75, 3.05) is 6.61 Å². The molecule has 1 heterocycles. The number of rotatable bonds is 1. The molecular formula is C12H16O2. The fourth-order valence-corrected chi connectivity index (χ4v) is 2.24. The van der Waals surface area contributed by atoms with Gasteiger partial charge in [0.25, 0.3) is 0 Å². The Labute approximate surface area is 84.5 Å². The van der Waals surface area contributed by atoms with Gasteiger partial charge in [-0.2, -0.15) is 0 Å². The molecule has 0 saturated carbocycles. The average molecular weight is 192 g/mol. The van der Waals surface area contributed by atoms with Gasteiger partial charge < -0.3 is 9.84 Å². The maximum Gasteiger partial charge on any atom is 0.123 e. The first-order valence-corrected chi connectivity index (χ1v) is 4.98. The summed E-state index contributed by atoms with van der Waals surface area (Å²) in [7, 11) is 0. The highest BCUT2D eigenvalue weighted by molar-refractivity contribution is 5.49. The van der Waals surface area contributed by atoms with Crippen molar-refractivity contribution in [1.29, 1.82) is 0 Å². The summed E-state index contributed by atoms with van der Waals surface area (Å²) in [5, 5.41) is 10.1. The molecule has 1 aromatic rings. The molecule has 0 bridgehead atoms. The van der Waals surface area contributed by atoms with Crippen LogP contribution in [0.3, 0.4) is 0 Å². The number of aryl methyl sites for hydroxylation is 1. The van der Waals surface area contributed by atoms with Gasteiger partial charge in [0.05, 0.1) is 12.2 Å². The van der Waals surface area contributed by atoms with Crippen molar-refractivity contribution in [3.05, 3.63) is 28.8 Å². The van der Waals surface area contributed by atoms with Crippen LogP contribution in [-0.4, -0.2) is 11.7 Å². The molecule has 2 heteroatoms. The van der Waals surface area contributed by atoms with Gasteiger partial charge >= 0.3 is 0 Å². The third-order valence-corrected chi connectivity index (χ3v) is 2.70. The fourth-order valence-electron chi connectivity index (χ4n) is 2.24. The highest BCUT2D eigenvalue weighted by Crippen LogP contribution is 2.36. The van der Waals surface area contributed by atoms with Crippen LogP contribution in [0.15, 0.2) is 12.1 Å². The minimum Gasteiger partial charge on any atom is -0.493 e. The van der Waals surface area contributed by atoms with E-state index < -0.39 is 5.60 Å². The molecule has 14 heavy (non-hydrogen) atoms. The maximum atomic E-state index is 10.1. The Balaban J connectivity index is 2.63. The average Bonchev–Trinajstić information content (AvgIpc) is 2.48. The normalized spacial score (nSPS) is 15.1. The molecule has 0 atom stereocenters. The lowest BCUT2D eigenvalue weighted by Crippen LogP contribution is -2.19. The summed E-state index contributed by atoms with van der Waals surface area (Å²) in [6, 6.07) is 4.00. The highest BCUT2D eigenvalue weighted by atomic mass is 16.5. The number of ether oxygens (including phenoxy) is 1. The number of hydrogen-bond acceptors (Lipinski definition) is 2. The summed E-state index contributed by atoms with van der Waals surface area (Å²) in [6.07, 6.45) is 0.913. The third-order valence-electron chi connectivity index (χ3n) is 2.70. The summed E-state index contributed by atoms with van der Waals surface area (Å²) in [5.41, 5.74) is 2.58. The molecule has 1 aromatic carbocycles. The van der Waals surface area contributed by atoms with E-state index in [1.165, 1.54) is 5.56 Å². The van der Waals surface area contributed by atoms with Crippen LogP contribution in [-0.2, 0) is 12.0 Å². The first kappa shape index (κ1) is 9.53. The molecule has 1 aliphatic rings. The Morgan fingerprint density at radius 1 is 1.36 bits per heavy atom. The van der Waals surface area contributed by atoms with Gasteiger partial charge in [0.2, 0.25) is 0 Å². The molecule has 0 aliphatic carbocycles. The van der Waals surface area contributed by atoms with E-state index in [1.807, 2.05) is 32.9 Å². The second-order valence-corrected chi connectivity index (χ2v) is 4.39. The standard InChI is InChI=1S/C12H16O2/c1-8-4-5-10-9(6-7-14-10)11(8)12(2,3)13/h4-5,13H,6-7H2,1-3H3. The minimum absolute atomic E-state index is 0.738. The predicted molar refractivity (Wildman–Crippen MR) is 55.6 cm³/mol. The van der Waals surface area contributed by atoms with Crippen LogP contribution in [0.1, 0.15) is 30.5 Å². The van der Waals surface area contributed by atoms with Gasteiger partial charge in [-0.05, 0) is 38.0 Å². The van der Waals surface area contributed by atoms with Crippen LogP contribution in [0.4, 0.5) is 0 Å². The zero-order valence-corrected chi connectivity index (χ0v) is 8.92. The largest absolute Gasteiger partial charge is 0.493 e.